The number of fused-ring (bicyclic) bond motifs is 1. The summed E-state index contributed by atoms with van der Waals surface area (Å²) in [6.45, 7) is 1.75. The van der Waals surface area contributed by atoms with Gasteiger partial charge in [0.2, 0.25) is 5.88 Å². The molecule has 2 rings (SSSR count). The van der Waals surface area contributed by atoms with Crippen LogP contribution in [0.5, 0.6) is 5.88 Å². The Labute approximate surface area is 83.6 Å². The highest BCUT2D eigenvalue weighted by molar-refractivity contribution is 9.10. The van der Waals surface area contributed by atoms with Crippen LogP contribution in [0.15, 0.2) is 22.7 Å². The lowest BCUT2D eigenvalue weighted by atomic mass is 10.2. The van der Waals surface area contributed by atoms with E-state index in [0.717, 1.165) is 9.99 Å². The minimum atomic E-state index is 0.0231. The highest BCUT2D eigenvalue weighted by atomic mass is 79.9. The zero-order valence-corrected chi connectivity index (χ0v) is 8.54. The molecule has 0 amide bonds. The molecule has 0 radical (unpaired) electrons. The molecule has 0 aliphatic rings. The van der Waals surface area contributed by atoms with Gasteiger partial charge in [0.15, 0.2) is 0 Å². The molecule has 0 fully saturated rings. The van der Waals surface area contributed by atoms with Crippen molar-refractivity contribution in [2.75, 3.05) is 0 Å². The molecule has 1 N–H and O–H groups in total. The predicted molar refractivity (Wildman–Crippen MR) is 53.6 cm³/mol. The first kappa shape index (κ1) is 8.44. The van der Waals surface area contributed by atoms with Crippen molar-refractivity contribution in [2.45, 2.75) is 6.92 Å². The number of aryl methyl sites for hydroxylation is 1. The first-order valence-corrected chi connectivity index (χ1v) is 4.59. The van der Waals surface area contributed by atoms with E-state index in [-0.39, 0.29) is 5.88 Å². The molecule has 0 aliphatic heterocycles. The van der Waals surface area contributed by atoms with Crippen LogP contribution in [-0.4, -0.2) is 15.1 Å². The molecule has 0 aliphatic carbocycles. The number of benzene rings is 1. The van der Waals surface area contributed by atoms with E-state index in [1.165, 1.54) is 0 Å². The van der Waals surface area contributed by atoms with E-state index in [2.05, 4.69) is 25.9 Å². The van der Waals surface area contributed by atoms with E-state index >= 15 is 0 Å². The Morgan fingerprint density at radius 3 is 2.85 bits per heavy atom. The van der Waals surface area contributed by atoms with Gasteiger partial charge in [0, 0.05) is 4.47 Å². The third kappa shape index (κ3) is 1.37. The smallest absolute Gasteiger partial charge is 0.223 e. The summed E-state index contributed by atoms with van der Waals surface area (Å²) in [4.78, 5) is 8.07. The van der Waals surface area contributed by atoms with E-state index in [1.54, 1.807) is 6.92 Å². The van der Waals surface area contributed by atoms with Crippen LogP contribution in [0.2, 0.25) is 0 Å². The van der Waals surface area contributed by atoms with Gasteiger partial charge in [0.05, 0.1) is 10.9 Å². The van der Waals surface area contributed by atoms with E-state index in [0.29, 0.717) is 11.2 Å². The molecule has 13 heavy (non-hydrogen) atoms. The number of halogens is 1. The maximum absolute atomic E-state index is 9.55. The molecule has 0 spiro atoms. The van der Waals surface area contributed by atoms with Crippen molar-refractivity contribution in [3.05, 3.63) is 28.5 Å². The molecule has 0 bridgehead atoms. The van der Waals surface area contributed by atoms with Crippen molar-refractivity contribution in [3.63, 3.8) is 0 Å². The fourth-order valence-corrected chi connectivity index (χ4v) is 1.77. The van der Waals surface area contributed by atoms with Crippen LogP contribution in [0.1, 0.15) is 5.82 Å². The lowest BCUT2D eigenvalue weighted by molar-refractivity contribution is 0.457. The predicted octanol–water partition coefficient (Wildman–Crippen LogP) is 2.41. The Kier molecular flexibility index (Phi) is 1.92. The molecule has 0 unspecified atom stereocenters. The molecule has 3 nitrogen and oxygen atoms in total. The Balaban J connectivity index is 2.94. The Hall–Kier alpha value is -1.16. The normalized spacial score (nSPS) is 10.6. The van der Waals surface area contributed by atoms with Crippen LogP contribution in [0.25, 0.3) is 10.9 Å². The highest BCUT2D eigenvalue weighted by Crippen LogP contribution is 2.28. The van der Waals surface area contributed by atoms with Gasteiger partial charge < -0.3 is 5.11 Å². The van der Waals surface area contributed by atoms with E-state index in [4.69, 9.17) is 0 Å². The molecule has 0 saturated carbocycles. The second-order valence-corrected chi connectivity index (χ2v) is 3.58. The van der Waals surface area contributed by atoms with Gasteiger partial charge in [-0.25, -0.2) is 4.98 Å². The summed E-state index contributed by atoms with van der Waals surface area (Å²) in [7, 11) is 0. The van der Waals surface area contributed by atoms with Crippen molar-refractivity contribution < 1.29 is 5.11 Å². The number of aromatic hydroxyl groups is 1. The van der Waals surface area contributed by atoms with Crippen molar-refractivity contribution in [2.24, 2.45) is 0 Å². The van der Waals surface area contributed by atoms with Gasteiger partial charge in [-0.2, -0.15) is 4.98 Å². The summed E-state index contributed by atoms with van der Waals surface area (Å²) in [5.41, 5.74) is 0.749. The van der Waals surface area contributed by atoms with E-state index in [9.17, 15) is 5.11 Å². The molecular weight excluding hydrogens is 232 g/mol. The molecule has 1 heterocycles. The molecule has 1 aromatic heterocycles. The molecule has 0 atom stereocenters. The quantitative estimate of drug-likeness (QED) is 0.767. The summed E-state index contributed by atoms with van der Waals surface area (Å²) < 4.78 is 0.808. The summed E-state index contributed by atoms with van der Waals surface area (Å²) in [5.74, 6) is 0.595. The lowest BCUT2D eigenvalue weighted by Crippen LogP contribution is -1.89. The molecule has 4 heteroatoms. The summed E-state index contributed by atoms with van der Waals surface area (Å²) in [6.07, 6.45) is 0. The average Bonchev–Trinajstić information content (AvgIpc) is 2.02. The summed E-state index contributed by atoms with van der Waals surface area (Å²) in [5, 5.41) is 10.2. The van der Waals surface area contributed by atoms with Gasteiger partial charge in [-0.3, -0.25) is 0 Å². The number of hydrogen-bond acceptors (Lipinski definition) is 3. The van der Waals surface area contributed by atoms with Crippen molar-refractivity contribution in [3.8, 4) is 5.88 Å². The molecule has 2 aromatic rings. The van der Waals surface area contributed by atoms with Crippen LogP contribution >= 0.6 is 15.9 Å². The second-order valence-electron chi connectivity index (χ2n) is 2.73. The Bertz CT molecular complexity index is 470. The van der Waals surface area contributed by atoms with Gasteiger partial charge >= 0.3 is 0 Å². The average molecular weight is 239 g/mol. The Morgan fingerprint density at radius 1 is 1.31 bits per heavy atom. The minimum absolute atomic E-state index is 0.0231. The topological polar surface area (TPSA) is 46.0 Å². The van der Waals surface area contributed by atoms with Crippen LogP contribution in [-0.2, 0) is 0 Å². The van der Waals surface area contributed by atoms with Crippen molar-refractivity contribution in [1.29, 1.82) is 0 Å². The van der Waals surface area contributed by atoms with Crippen LogP contribution in [0.3, 0.4) is 0 Å². The van der Waals surface area contributed by atoms with Crippen LogP contribution < -0.4 is 0 Å². The SMILES string of the molecule is Cc1nc(O)c2c(Br)cccc2n1. The van der Waals surface area contributed by atoms with Gasteiger partial charge in [0.25, 0.3) is 0 Å². The monoisotopic (exact) mass is 238 g/mol. The molecule has 66 valence electrons. The van der Waals surface area contributed by atoms with Crippen LogP contribution in [0, 0.1) is 6.92 Å². The van der Waals surface area contributed by atoms with E-state index < -0.39 is 0 Å². The summed E-state index contributed by atoms with van der Waals surface area (Å²) in [6, 6.07) is 5.56. The highest BCUT2D eigenvalue weighted by Gasteiger charge is 2.06. The summed E-state index contributed by atoms with van der Waals surface area (Å²) >= 11 is 3.33. The Morgan fingerprint density at radius 2 is 2.08 bits per heavy atom. The van der Waals surface area contributed by atoms with Gasteiger partial charge in [0.1, 0.15) is 5.82 Å². The van der Waals surface area contributed by atoms with Gasteiger partial charge in [-0.1, -0.05) is 6.07 Å². The number of rotatable bonds is 0. The zero-order valence-electron chi connectivity index (χ0n) is 6.95. The van der Waals surface area contributed by atoms with Crippen LogP contribution in [0.4, 0.5) is 0 Å². The maximum Gasteiger partial charge on any atom is 0.223 e. The van der Waals surface area contributed by atoms with Gasteiger partial charge in [-0.15, -0.1) is 0 Å². The minimum Gasteiger partial charge on any atom is -0.493 e. The maximum atomic E-state index is 9.55. The molecule has 1 aromatic carbocycles. The second kappa shape index (κ2) is 2.96. The lowest BCUT2D eigenvalue weighted by Gasteiger charge is -2.02. The standard InChI is InChI=1S/C9H7BrN2O/c1-5-11-7-4-2-3-6(10)8(7)9(13)12-5/h2-4H,1H3,(H,11,12,13). The largest absolute Gasteiger partial charge is 0.493 e. The van der Waals surface area contributed by atoms with Crippen molar-refractivity contribution >= 4 is 26.8 Å². The van der Waals surface area contributed by atoms with E-state index in [1.807, 2.05) is 18.2 Å². The molecular formula is C9H7BrN2O. The first-order chi connectivity index (χ1) is 6.18. The number of nitrogens with zero attached hydrogens (tertiary/aromatic N) is 2. The number of hydrogen-bond donors (Lipinski definition) is 1. The first-order valence-electron chi connectivity index (χ1n) is 3.80. The zero-order chi connectivity index (χ0) is 9.42. The fourth-order valence-electron chi connectivity index (χ4n) is 1.24. The van der Waals surface area contributed by atoms with Gasteiger partial charge in [-0.05, 0) is 35.0 Å². The third-order valence-corrected chi connectivity index (χ3v) is 2.43. The third-order valence-electron chi connectivity index (χ3n) is 1.77. The molecule has 0 saturated heterocycles. The number of aromatic nitrogens is 2. The van der Waals surface area contributed by atoms with Crippen molar-refractivity contribution in [1.82, 2.24) is 9.97 Å². The fraction of sp³-hybridized carbons (Fsp3) is 0.111.